The third-order valence-corrected chi connectivity index (χ3v) is 5.26. The Hall–Kier alpha value is -0.910. The van der Waals surface area contributed by atoms with Crippen molar-refractivity contribution in [3.8, 4) is 0 Å². The predicted molar refractivity (Wildman–Crippen MR) is 66.9 cm³/mol. The molecule has 0 radical (unpaired) electrons. The van der Waals surface area contributed by atoms with Crippen molar-refractivity contribution in [1.29, 1.82) is 0 Å². The maximum absolute atomic E-state index is 12.5. The van der Waals surface area contributed by atoms with Crippen molar-refractivity contribution in [2.24, 2.45) is 5.73 Å². The second-order valence-electron chi connectivity index (χ2n) is 4.44. The molecule has 0 amide bonds. The zero-order valence-electron chi connectivity index (χ0n) is 9.96. The molecule has 0 aromatic heterocycles. The summed E-state index contributed by atoms with van der Waals surface area (Å²) in [6, 6.07) is 7.04. The zero-order chi connectivity index (χ0) is 12.5. The summed E-state index contributed by atoms with van der Waals surface area (Å²) in [4.78, 5) is 0.373. The Morgan fingerprint density at radius 3 is 2.65 bits per heavy atom. The summed E-state index contributed by atoms with van der Waals surface area (Å²) in [7, 11) is -3.43. The van der Waals surface area contributed by atoms with Gasteiger partial charge in [0.05, 0.1) is 11.1 Å². The zero-order valence-corrected chi connectivity index (χ0v) is 10.8. The number of nitrogens with zero attached hydrogens (tertiary/aromatic N) is 1. The lowest BCUT2D eigenvalue weighted by molar-refractivity contribution is 0.258. The van der Waals surface area contributed by atoms with Gasteiger partial charge in [-0.25, -0.2) is 8.42 Å². The van der Waals surface area contributed by atoms with Gasteiger partial charge in [0.25, 0.3) is 0 Å². The number of rotatable bonds is 2. The largest absolute Gasteiger partial charge is 0.315 e. The molecule has 0 aliphatic carbocycles. The first-order valence-electron chi connectivity index (χ1n) is 5.86. The van der Waals surface area contributed by atoms with Crippen LogP contribution in [0.25, 0.3) is 0 Å². The van der Waals surface area contributed by atoms with Gasteiger partial charge in [0, 0.05) is 6.54 Å². The van der Waals surface area contributed by atoms with E-state index in [-0.39, 0.29) is 6.17 Å². The van der Waals surface area contributed by atoms with Crippen molar-refractivity contribution >= 4 is 10.0 Å². The SMILES string of the molecule is Cc1ccccc1S(=O)(=O)N1CCCCC1N. The van der Waals surface area contributed by atoms with Gasteiger partial charge in [0.1, 0.15) is 0 Å². The highest BCUT2D eigenvalue weighted by Crippen LogP contribution is 2.24. The van der Waals surface area contributed by atoms with Crippen LogP contribution in [0.3, 0.4) is 0 Å². The normalized spacial score (nSPS) is 22.6. The van der Waals surface area contributed by atoms with E-state index in [2.05, 4.69) is 0 Å². The number of piperidine rings is 1. The summed E-state index contributed by atoms with van der Waals surface area (Å²) < 4.78 is 26.4. The predicted octanol–water partition coefficient (Wildman–Crippen LogP) is 1.45. The first kappa shape index (κ1) is 12.5. The van der Waals surface area contributed by atoms with Crippen molar-refractivity contribution < 1.29 is 8.42 Å². The van der Waals surface area contributed by atoms with Crippen LogP contribution in [0.5, 0.6) is 0 Å². The third-order valence-electron chi connectivity index (χ3n) is 3.18. The maximum atomic E-state index is 12.5. The van der Waals surface area contributed by atoms with E-state index in [9.17, 15) is 8.42 Å². The molecule has 0 spiro atoms. The van der Waals surface area contributed by atoms with Crippen molar-refractivity contribution in [3.05, 3.63) is 29.8 Å². The van der Waals surface area contributed by atoms with Crippen LogP contribution in [0, 0.1) is 6.92 Å². The number of hydrogen-bond acceptors (Lipinski definition) is 3. The minimum atomic E-state index is -3.43. The lowest BCUT2D eigenvalue weighted by atomic mass is 10.1. The summed E-state index contributed by atoms with van der Waals surface area (Å²) in [5.74, 6) is 0. The van der Waals surface area contributed by atoms with Crippen LogP contribution in [-0.4, -0.2) is 25.4 Å². The van der Waals surface area contributed by atoms with Gasteiger partial charge in [-0.15, -0.1) is 0 Å². The van der Waals surface area contributed by atoms with E-state index in [0.717, 1.165) is 24.8 Å². The minimum Gasteiger partial charge on any atom is -0.315 e. The van der Waals surface area contributed by atoms with Crippen LogP contribution in [0.15, 0.2) is 29.2 Å². The highest BCUT2D eigenvalue weighted by Gasteiger charge is 2.31. The molecule has 1 unspecified atom stereocenters. The highest BCUT2D eigenvalue weighted by molar-refractivity contribution is 7.89. The van der Waals surface area contributed by atoms with Gasteiger partial charge in [-0.05, 0) is 37.8 Å². The Balaban J connectivity index is 2.39. The Kier molecular flexibility index (Phi) is 3.51. The lowest BCUT2D eigenvalue weighted by Crippen LogP contribution is -2.48. The number of hydrogen-bond donors (Lipinski definition) is 1. The number of aryl methyl sites for hydroxylation is 1. The average Bonchev–Trinajstić information content (AvgIpc) is 2.29. The van der Waals surface area contributed by atoms with Crippen molar-refractivity contribution in [2.45, 2.75) is 37.2 Å². The standard InChI is InChI=1S/C12H18N2O2S/c1-10-6-2-3-7-11(10)17(15,16)14-9-5-4-8-12(14)13/h2-3,6-7,12H,4-5,8-9,13H2,1H3. The molecule has 1 aliphatic rings. The van der Waals surface area contributed by atoms with E-state index in [0.29, 0.717) is 11.4 Å². The summed E-state index contributed by atoms with van der Waals surface area (Å²) in [6.07, 6.45) is 2.25. The fourth-order valence-corrected chi connectivity index (χ4v) is 4.01. The van der Waals surface area contributed by atoms with Gasteiger partial charge in [0.2, 0.25) is 10.0 Å². The molecule has 1 aromatic carbocycles. The van der Waals surface area contributed by atoms with Crippen LogP contribution in [0.2, 0.25) is 0 Å². The number of sulfonamides is 1. The molecular weight excluding hydrogens is 236 g/mol. The van der Waals surface area contributed by atoms with Crippen molar-refractivity contribution in [1.82, 2.24) is 4.31 Å². The quantitative estimate of drug-likeness (QED) is 0.869. The Morgan fingerprint density at radius 2 is 2.00 bits per heavy atom. The van der Waals surface area contributed by atoms with Crippen LogP contribution in [0.1, 0.15) is 24.8 Å². The summed E-state index contributed by atoms with van der Waals surface area (Å²) in [5, 5.41) is 0. The van der Waals surface area contributed by atoms with Crippen LogP contribution in [0.4, 0.5) is 0 Å². The van der Waals surface area contributed by atoms with Gasteiger partial charge >= 0.3 is 0 Å². The first-order valence-corrected chi connectivity index (χ1v) is 7.30. The molecule has 1 aliphatic heterocycles. The molecule has 1 fully saturated rings. The summed E-state index contributed by atoms with van der Waals surface area (Å²) >= 11 is 0. The van der Waals surface area contributed by atoms with Gasteiger partial charge in [-0.1, -0.05) is 18.2 Å². The number of benzene rings is 1. The van der Waals surface area contributed by atoms with Gasteiger partial charge in [0.15, 0.2) is 0 Å². The van der Waals surface area contributed by atoms with Gasteiger partial charge in [-0.3, -0.25) is 0 Å². The topological polar surface area (TPSA) is 63.4 Å². The average molecular weight is 254 g/mol. The van der Waals surface area contributed by atoms with E-state index in [1.54, 1.807) is 12.1 Å². The van der Waals surface area contributed by atoms with E-state index >= 15 is 0 Å². The molecule has 4 nitrogen and oxygen atoms in total. The molecule has 1 heterocycles. The number of nitrogens with two attached hydrogens (primary N) is 1. The monoisotopic (exact) mass is 254 g/mol. The highest BCUT2D eigenvalue weighted by atomic mass is 32.2. The molecule has 1 atom stereocenters. The molecule has 0 saturated carbocycles. The van der Waals surface area contributed by atoms with E-state index in [1.165, 1.54) is 4.31 Å². The molecule has 5 heteroatoms. The molecule has 1 saturated heterocycles. The molecule has 2 N–H and O–H groups in total. The smallest absolute Gasteiger partial charge is 0.244 e. The Morgan fingerprint density at radius 1 is 1.29 bits per heavy atom. The molecule has 1 aromatic rings. The molecular formula is C12H18N2O2S. The molecule has 17 heavy (non-hydrogen) atoms. The summed E-state index contributed by atoms with van der Waals surface area (Å²) in [6.45, 7) is 2.33. The minimum absolute atomic E-state index is 0.373. The van der Waals surface area contributed by atoms with Gasteiger partial charge < -0.3 is 5.73 Å². The second-order valence-corrected chi connectivity index (χ2v) is 6.30. The van der Waals surface area contributed by atoms with E-state index < -0.39 is 10.0 Å². The fourth-order valence-electron chi connectivity index (χ4n) is 2.20. The Bertz CT molecular complexity index is 499. The van der Waals surface area contributed by atoms with Crippen LogP contribution >= 0.6 is 0 Å². The summed E-state index contributed by atoms with van der Waals surface area (Å²) in [5.41, 5.74) is 6.67. The Labute approximate surface area is 102 Å². The van der Waals surface area contributed by atoms with Crippen LogP contribution in [-0.2, 0) is 10.0 Å². The van der Waals surface area contributed by atoms with Crippen LogP contribution < -0.4 is 5.73 Å². The third kappa shape index (κ3) is 2.36. The first-order chi connectivity index (χ1) is 8.03. The van der Waals surface area contributed by atoms with Crippen molar-refractivity contribution in [2.75, 3.05) is 6.54 Å². The maximum Gasteiger partial charge on any atom is 0.244 e. The molecule has 0 bridgehead atoms. The second kappa shape index (κ2) is 4.76. The lowest BCUT2D eigenvalue weighted by Gasteiger charge is -2.32. The van der Waals surface area contributed by atoms with Gasteiger partial charge in [-0.2, -0.15) is 4.31 Å². The van der Waals surface area contributed by atoms with E-state index in [4.69, 9.17) is 5.73 Å². The molecule has 2 rings (SSSR count). The molecule has 94 valence electrons. The van der Waals surface area contributed by atoms with Crippen molar-refractivity contribution in [3.63, 3.8) is 0 Å². The van der Waals surface area contributed by atoms with E-state index in [1.807, 2.05) is 19.1 Å². The fraction of sp³-hybridized carbons (Fsp3) is 0.500.